The van der Waals surface area contributed by atoms with Crippen LogP contribution in [-0.2, 0) is 14.4 Å². The van der Waals surface area contributed by atoms with Crippen molar-refractivity contribution < 1.29 is 12.8 Å². The van der Waals surface area contributed by atoms with Gasteiger partial charge in [0.2, 0.25) is 18.3 Å². The Morgan fingerprint density at radius 3 is 1.71 bits per heavy atom. The summed E-state index contributed by atoms with van der Waals surface area (Å²) in [5.41, 5.74) is 2.77. The van der Waals surface area contributed by atoms with Crippen LogP contribution in [0.4, 0.5) is 0 Å². The molecule has 0 radical (unpaired) electrons. The van der Waals surface area contributed by atoms with Gasteiger partial charge in [-0.15, -0.1) is 0 Å². The predicted octanol–water partition coefficient (Wildman–Crippen LogP) is 5.88. The predicted molar refractivity (Wildman–Crippen MR) is 145 cm³/mol. The van der Waals surface area contributed by atoms with Gasteiger partial charge in [0.25, 0.3) is 0 Å². The summed E-state index contributed by atoms with van der Waals surface area (Å²) in [7, 11) is -6.23. The fraction of sp³-hybridized carbons (Fsp3) is 0.172. The van der Waals surface area contributed by atoms with Crippen LogP contribution in [0, 0.1) is 6.92 Å². The van der Waals surface area contributed by atoms with E-state index in [4.69, 9.17) is 4.43 Å². The van der Waals surface area contributed by atoms with Gasteiger partial charge in [0.15, 0.2) is 0 Å². The Morgan fingerprint density at radius 1 is 0.686 bits per heavy atom. The molecule has 180 valence electrons. The first kappa shape index (κ1) is 25.1. The van der Waals surface area contributed by atoms with Gasteiger partial charge in [-0.05, 0) is 48.5 Å². The van der Waals surface area contributed by atoms with Crippen LogP contribution < -0.4 is 9.91 Å². The molecular formula is C29H31NO3SSi. The third kappa shape index (κ3) is 6.16. The molecule has 4 aromatic rings. The smallest absolute Gasteiger partial charge is 0.241 e. The lowest BCUT2D eigenvalue weighted by Gasteiger charge is -2.35. The van der Waals surface area contributed by atoms with Crippen LogP contribution in [0.15, 0.2) is 120 Å². The van der Waals surface area contributed by atoms with Gasteiger partial charge in [0.05, 0.1) is 17.0 Å². The van der Waals surface area contributed by atoms with Gasteiger partial charge in [-0.3, -0.25) is 0 Å². The number of aryl methyl sites for hydroxylation is 1. The average molecular weight is 502 g/mol. The molecule has 0 aliphatic rings. The highest BCUT2D eigenvalue weighted by Gasteiger charge is 2.36. The SMILES string of the molecule is Cc1ccc(S(=O)(=O)N[C@@H](c2ccccc2)[C@H](O[Si](C)(C)c2ccccc2)c2ccccc2)cc1. The highest BCUT2D eigenvalue weighted by atomic mass is 32.2. The lowest BCUT2D eigenvalue weighted by Crippen LogP contribution is -2.47. The van der Waals surface area contributed by atoms with Crippen LogP contribution in [-0.4, -0.2) is 16.7 Å². The Balaban J connectivity index is 1.80. The molecule has 0 spiro atoms. The number of rotatable bonds is 9. The maximum Gasteiger partial charge on any atom is 0.241 e. The maximum absolute atomic E-state index is 13.5. The summed E-state index contributed by atoms with van der Waals surface area (Å²) < 4.78 is 37.0. The van der Waals surface area contributed by atoms with E-state index in [0.717, 1.165) is 21.9 Å². The van der Waals surface area contributed by atoms with Crippen molar-refractivity contribution in [3.05, 3.63) is 132 Å². The molecule has 0 aliphatic carbocycles. The van der Waals surface area contributed by atoms with E-state index < -0.39 is 30.5 Å². The summed E-state index contributed by atoms with van der Waals surface area (Å²) in [5, 5.41) is 1.15. The van der Waals surface area contributed by atoms with Crippen molar-refractivity contribution in [3.63, 3.8) is 0 Å². The lowest BCUT2D eigenvalue weighted by atomic mass is 9.97. The van der Waals surface area contributed by atoms with Gasteiger partial charge in [-0.2, -0.15) is 0 Å². The molecule has 0 heterocycles. The molecular weight excluding hydrogens is 470 g/mol. The van der Waals surface area contributed by atoms with Crippen LogP contribution in [0.5, 0.6) is 0 Å². The second-order valence-electron chi connectivity index (χ2n) is 9.15. The molecule has 4 aromatic carbocycles. The van der Waals surface area contributed by atoms with Crippen molar-refractivity contribution >= 4 is 23.5 Å². The first-order valence-electron chi connectivity index (χ1n) is 11.7. The van der Waals surface area contributed by atoms with Crippen LogP contribution in [0.25, 0.3) is 0 Å². The van der Waals surface area contributed by atoms with E-state index in [2.05, 4.69) is 29.9 Å². The van der Waals surface area contributed by atoms with E-state index in [-0.39, 0.29) is 4.90 Å². The maximum atomic E-state index is 13.5. The molecule has 0 aromatic heterocycles. The van der Waals surface area contributed by atoms with Crippen LogP contribution in [0.1, 0.15) is 28.8 Å². The highest BCUT2D eigenvalue weighted by Crippen LogP contribution is 2.36. The average Bonchev–Trinajstić information content (AvgIpc) is 2.88. The standard InChI is InChI=1S/C29H31NO3SSi/c1-23-19-21-26(22-20-23)34(31,32)30-28(24-13-7-4-8-14-24)29(25-15-9-5-10-16-25)33-35(2,3)27-17-11-6-12-18-27/h4-22,28-30H,1-3H3/t28-,29+/m0/s1. The van der Waals surface area contributed by atoms with Gasteiger partial charge in [-0.25, -0.2) is 13.1 Å². The number of hydrogen-bond donors (Lipinski definition) is 1. The second-order valence-corrected chi connectivity index (χ2v) is 14.7. The third-order valence-electron chi connectivity index (χ3n) is 6.09. The van der Waals surface area contributed by atoms with Crippen LogP contribution in [0.2, 0.25) is 13.1 Å². The van der Waals surface area contributed by atoms with E-state index in [0.29, 0.717) is 0 Å². The monoisotopic (exact) mass is 501 g/mol. The molecule has 0 saturated heterocycles. The van der Waals surface area contributed by atoms with Gasteiger partial charge in [0.1, 0.15) is 0 Å². The van der Waals surface area contributed by atoms with E-state index >= 15 is 0 Å². The fourth-order valence-corrected chi connectivity index (χ4v) is 7.38. The van der Waals surface area contributed by atoms with Gasteiger partial charge < -0.3 is 4.43 Å². The number of sulfonamides is 1. The lowest BCUT2D eigenvalue weighted by molar-refractivity contribution is 0.161. The van der Waals surface area contributed by atoms with Crippen molar-refractivity contribution in [2.24, 2.45) is 0 Å². The van der Waals surface area contributed by atoms with Crippen molar-refractivity contribution in [1.82, 2.24) is 4.72 Å². The molecule has 0 saturated carbocycles. The molecule has 35 heavy (non-hydrogen) atoms. The quantitative estimate of drug-likeness (QED) is 0.291. The molecule has 0 aliphatic heterocycles. The molecule has 2 atom stereocenters. The molecule has 0 fully saturated rings. The third-order valence-corrected chi connectivity index (χ3v) is 10.1. The van der Waals surface area contributed by atoms with Crippen molar-refractivity contribution in [2.45, 2.75) is 37.1 Å². The molecule has 4 rings (SSSR count). The summed E-state index contributed by atoms with van der Waals surface area (Å²) in [6.45, 7) is 6.23. The topological polar surface area (TPSA) is 55.4 Å². The van der Waals surface area contributed by atoms with E-state index in [1.165, 1.54) is 0 Å². The first-order valence-corrected chi connectivity index (χ1v) is 16.1. The van der Waals surface area contributed by atoms with Crippen molar-refractivity contribution in [1.29, 1.82) is 0 Å². The molecule has 1 N–H and O–H groups in total. The molecule has 0 unspecified atom stereocenters. The minimum absolute atomic E-state index is 0.232. The first-order chi connectivity index (χ1) is 16.8. The second kappa shape index (κ2) is 10.7. The molecule has 0 amide bonds. The summed E-state index contributed by atoms with van der Waals surface area (Å²) in [6.07, 6.45) is -0.527. The molecule has 0 bridgehead atoms. The number of hydrogen-bond acceptors (Lipinski definition) is 3. The van der Waals surface area contributed by atoms with Gasteiger partial charge in [0, 0.05) is 0 Å². The molecule has 4 nitrogen and oxygen atoms in total. The Kier molecular flexibility index (Phi) is 7.67. The zero-order valence-corrected chi connectivity index (χ0v) is 22.1. The Bertz CT molecular complexity index is 1330. The Labute approximate surface area is 209 Å². The largest absolute Gasteiger partial charge is 0.404 e. The summed E-state index contributed by atoms with van der Waals surface area (Å²) in [4.78, 5) is 0.232. The Morgan fingerprint density at radius 2 is 1.17 bits per heavy atom. The fourth-order valence-electron chi connectivity index (χ4n) is 4.11. The number of benzene rings is 4. The summed E-state index contributed by atoms with van der Waals surface area (Å²) in [5.74, 6) is 0. The molecule has 6 heteroatoms. The highest BCUT2D eigenvalue weighted by molar-refractivity contribution is 7.89. The zero-order valence-electron chi connectivity index (χ0n) is 20.3. The minimum atomic E-state index is -3.81. The zero-order chi connectivity index (χ0) is 24.9. The van der Waals surface area contributed by atoms with E-state index in [9.17, 15) is 8.42 Å². The van der Waals surface area contributed by atoms with Crippen molar-refractivity contribution in [3.8, 4) is 0 Å². The normalized spacial score (nSPS) is 13.8. The van der Waals surface area contributed by atoms with Gasteiger partial charge >= 0.3 is 0 Å². The van der Waals surface area contributed by atoms with Crippen LogP contribution >= 0.6 is 0 Å². The van der Waals surface area contributed by atoms with E-state index in [1.807, 2.05) is 97.9 Å². The van der Waals surface area contributed by atoms with Crippen LogP contribution in [0.3, 0.4) is 0 Å². The number of nitrogens with one attached hydrogen (secondary N) is 1. The summed E-state index contributed by atoms with van der Waals surface area (Å²) in [6, 6.07) is 36.0. The van der Waals surface area contributed by atoms with Gasteiger partial charge in [-0.1, -0.05) is 109 Å². The van der Waals surface area contributed by atoms with Crippen molar-refractivity contribution in [2.75, 3.05) is 0 Å². The Hall–Kier alpha value is -3.03. The van der Waals surface area contributed by atoms with E-state index in [1.54, 1.807) is 12.1 Å². The summed E-state index contributed by atoms with van der Waals surface area (Å²) >= 11 is 0. The minimum Gasteiger partial charge on any atom is -0.404 e.